The quantitative estimate of drug-likeness (QED) is 0.739. The van der Waals surface area contributed by atoms with Crippen LogP contribution in [0.2, 0.25) is 0 Å². The highest BCUT2D eigenvalue weighted by Crippen LogP contribution is 2.33. The second-order valence-corrected chi connectivity index (χ2v) is 5.04. The number of aryl methyl sites for hydroxylation is 1. The van der Waals surface area contributed by atoms with Gasteiger partial charge in [-0.2, -0.15) is 0 Å². The van der Waals surface area contributed by atoms with Crippen molar-refractivity contribution in [3.8, 4) is 5.75 Å². The van der Waals surface area contributed by atoms with Crippen LogP contribution in [0.15, 0.2) is 42.5 Å². The SMILES string of the molecule is COc1ccc(C)cc1C(Cl)Cc1ccccc1F. The van der Waals surface area contributed by atoms with Gasteiger partial charge >= 0.3 is 0 Å². The van der Waals surface area contributed by atoms with Crippen LogP contribution in [0.4, 0.5) is 4.39 Å². The molecule has 1 unspecified atom stereocenters. The molecular formula is C16H16ClFO. The third-order valence-electron chi connectivity index (χ3n) is 3.08. The molecule has 0 saturated carbocycles. The molecule has 0 radical (unpaired) electrons. The molecule has 0 bridgehead atoms. The molecule has 0 saturated heterocycles. The zero-order valence-electron chi connectivity index (χ0n) is 11.0. The fourth-order valence-electron chi connectivity index (χ4n) is 2.07. The van der Waals surface area contributed by atoms with Crippen LogP contribution >= 0.6 is 11.6 Å². The van der Waals surface area contributed by atoms with Gasteiger partial charge in [-0.05, 0) is 31.0 Å². The smallest absolute Gasteiger partial charge is 0.126 e. The molecule has 0 heterocycles. The van der Waals surface area contributed by atoms with Gasteiger partial charge in [0.2, 0.25) is 0 Å². The molecule has 2 aromatic carbocycles. The summed E-state index contributed by atoms with van der Waals surface area (Å²) in [5, 5.41) is -0.313. The maximum atomic E-state index is 13.6. The van der Waals surface area contributed by atoms with Crippen LogP contribution in [-0.2, 0) is 6.42 Å². The number of hydrogen-bond donors (Lipinski definition) is 0. The summed E-state index contributed by atoms with van der Waals surface area (Å²) < 4.78 is 18.9. The van der Waals surface area contributed by atoms with E-state index in [1.165, 1.54) is 6.07 Å². The first-order valence-corrected chi connectivity index (χ1v) is 6.57. The molecule has 100 valence electrons. The van der Waals surface area contributed by atoms with Crippen LogP contribution in [-0.4, -0.2) is 7.11 Å². The van der Waals surface area contributed by atoms with Crippen LogP contribution in [0.25, 0.3) is 0 Å². The highest BCUT2D eigenvalue weighted by Gasteiger charge is 2.16. The summed E-state index contributed by atoms with van der Waals surface area (Å²) in [4.78, 5) is 0. The molecule has 0 aromatic heterocycles. The number of benzene rings is 2. The fourth-order valence-corrected chi connectivity index (χ4v) is 2.40. The minimum absolute atomic E-state index is 0.222. The molecule has 0 spiro atoms. The van der Waals surface area contributed by atoms with Crippen molar-refractivity contribution in [1.29, 1.82) is 0 Å². The lowest BCUT2D eigenvalue weighted by atomic mass is 10.0. The summed E-state index contributed by atoms with van der Waals surface area (Å²) >= 11 is 6.42. The molecule has 1 atom stereocenters. The number of ether oxygens (including phenoxy) is 1. The third kappa shape index (κ3) is 3.27. The van der Waals surface area contributed by atoms with Crippen molar-refractivity contribution in [1.82, 2.24) is 0 Å². The standard InChI is InChI=1S/C16H16ClFO/c1-11-7-8-16(19-2)13(9-11)14(17)10-12-5-3-4-6-15(12)18/h3-9,14H,10H2,1-2H3. The number of hydrogen-bond acceptors (Lipinski definition) is 1. The summed E-state index contributed by atoms with van der Waals surface area (Å²) in [7, 11) is 1.61. The lowest BCUT2D eigenvalue weighted by Gasteiger charge is -2.15. The molecule has 0 N–H and O–H groups in total. The Bertz CT molecular complexity index is 568. The number of rotatable bonds is 4. The van der Waals surface area contributed by atoms with Gasteiger partial charge < -0.3 is 4.74 Å². The van der Waals surface area contributed by atoms with E-state index in [9.17, 15) is 4.39 Å². The fraction of sp³-hybridized carbons (Fsp3) is 0.250. The monoisotopic (exact) mass is 278 g/mol. The van der Waals surface area contributed by atoms with Gasteiger partial charge in [-0.1, -0.05) is 35.9 Å². The summed E-state index contributed by atoms with van der Waals surface area (Å²) in [5.74, 6) is 0.515. The molecule has 3 heteroatoms. The normalized spacial score (nSPS) is 12.2. The Labute approximate surface area is 118 Å². The number of methoxy groups -OCH3 is 1. The minimum atomic E-state index is -0.313. The van der Waals surface area contributed by atoms with Gasteiger partial charge in [0, 0.05) is 5.56 Å². The molecule has 2 aromatic rings. The van der Waals surface area contributed by atoms with Crippen molar-refractivity contribution in [2.24, 2.45) is 0 Å². The summed E-state index contributed by atoms with van der Waals surface area (Å²) in [6, 6.07) is 12.5. The van der Waals surface area contributed by atoms with E-state index in [1.807, 2.05) is 31.2 Å². The molecule has 19 heavy (non-hydrogen) atoms. The average Bonchev–Trinajstić information content (AvgIpc) is 2.41. The van der Waals surface area contributed by atoms with E-state index in [0.717, 1.165) is 16.9 Å². The van der Waals surface area contributed by atoms with E-state index >= 15 is 0 Å². The van der Waals surface area contributed by atoms with Crippen molar-refractivity contribution >= 4 is 11.6 Å². The zero-order chi connectivity index (χ0) is 13.8. The second kappa shape index (κ2) is 6.07. The highest BCUT2D eigenvalue weighted by atomic mass is 35.5. The van der Waals surface area contributed by atoms with Gasteiger partial charge in [-0.15, -0.1) is 11.6 Å². The minimum Gasteiger partial charge on any atom is -0.496 e. The van der Waals surface area contributed by atoms with E-state index in [-0.39, 0.29) is 11.2 Å². The van der Waals surface area contributed by atoms with Crippen molar-refractivity contribution < 1.29 is 9.13 Å². The predicted molar refractivity (Wildman–Crippen MR) is 76.4 cm³/mol. The van der Waals surface area contributed by atoms with E-state index in [0.29, 0.717) is 12.0 Å². The van der Waals surface area contributed by atoms with Gasteiger partial charge in [0.15, 0.2) is 0 Å². The van der Waals surface area contributed by atoms with Crippen LogP contribution in [0.3, 0.4) is 0 Å². The lowest BCUT2D eigenvalue weighted by Crippen LogP contribution is -2.01. The number of halogens is 2. The molecule has 0 aliphatic heterocycles. The lowest BCUT2D eigenvalue weighted by molar-refractivity contribution is 0.409. The van der Waals surface area contributed by atoms with Gasteiger partial charge in [-0.25, -0.2) is 4.39 Å². The van der Waals surface area contributed by atoms with Crippen molar-refractivity contribution in [2.45, 2.75) is 18.7 Å². The summed E-state index contributed by atoms with van der Waals surface area (Å²) in [6.45, 7) is 2.00. The average molecular weight is 279 g/mol. The molecular weight excluding hydrogens is 263 g/mol. The maximum Gasteiger partial charge on any atom is 0.126 e. The first kappa shape index (κ1) is 13.9. The van der Waals surface area contributed by atoms with Gasteiger partial charge in [-0.3, -0.25) is 0 Å². The van der Waals surface area contributed by atoms with Crippen molar-refractivity contribution in [2.75, 3.05) is 7.11 Å². The summed E-state index contributed by atoms with van der Waals surface area (Å²) in [6.07, 6.45) is 0.439. The Morgan fingerprint density at radius 1 is 1.21 bits per heavy atom. The molecule has 2 rings (SSSR count). The van der Waals surface area contributed by atoms with Crippen molar-refractivity contribution in [3.05, 3.63) is 65.0 Å². The topological polar surface area (TPSA) is 9.23 Å². The van der Waals surface area contributed by atoms with E-state index in [2.05, 4.69) is 0 Å². The first-order valence-electron chi connectivity index (χ1n) is 6.14. The van der Waals surface area contributed by atoms with Gasteiger partial charge in [0.25, 0.3) is 0 Å². The Kier molecular flexibility index (Phi) is 4.43. The van der Waals surface area contributed by atoms with Crippen molar-refractivity contribution in [3.63, 3.8) is 0 Å². The maximum absolute atomic E-state index is 13.6. The molecule has 0 aliphatic carbocycles. The highest BCUT2D eigenvalue weighted by molar-refractivity contribution is 6.21. The van der Waals surface area contributed by atoms with Gasteiger partial charge in [0.05, 0.1) is 12.5 Å². The van der Waals surface area contributed by atoms with E-state index in [1.54, 1.807) is 19.2 Å². The van der Waals surface area contributed by atoms with Crippen LogP contribution < -0.4 is 4.74 Å². The molecule has 0 aliphatic rings. The molecule has 0 fully saturated rings. The van der Waals surface area contributed by atoms with Crippen LogP contribution in [0.1, 0.15) is 22.1 Å². The predicted octanol–water partition coefficient (Wildman–Crippen LogP) is 4.67. The third-order valence-corrected chi connectivity index (χ3v) is 3.47. The van der Waals surface area contributed by atoms with Gasteiger partial charge in [0.1, 0.15) is 11.6 Å². The second-order valence-electron chi connectivity index (χ2n) is 4.51. The Morgan fingerprint density at radius 2 is 1.95 bits per heavy atom. The zero-order valence-corrected chi connectivity index (χ0v) is 11.7. The number of alkyl halides is 1. The Hall–Kier alpha value is -1.54. The molecule has 0 amide bonds. The van der Waals surface area contributed by atoms with Crippen LogP contribution in [0.5, 0.6) is 5.75 Å². The summed E-state index contributed by atoms with van der Waals surface area (Å²) in [5.41, 5.74) is 2.62. The van der Waals surface area contributed by atoms with E-state index in [4.69, 9.17) is 16.3 Å². The largest absolute Gasteiger partial charge is 0.496 e. The van der Waals surface area contributed by atoms with Crippen LogP contribution in [0, 0.1) is 12.7 Å². The Balaban J connectivity index is 2.27. The van der Waals surface area contributed by atoms with E-state index < -0.39 is 0 Å². The first-order chi connectivity index (χ1) is 9.11. The Morgan fingerprint density at radius 3 is 2.63 bits per heavy atom. The molecule has 1 nitrogen and oxygen atoms in total.